The van der Waals surface area contributed by atoms with Crippen molar-refractivity contribution in [3.8, 4) is 23.5 Å². The first-order chi connectivity index (χ1) is 10.5. The molecule has 22 heavy (non-hydrogen) atoms. The van der Waals surface area contributed by atoms with E-state index in [-0.39, 0.29) is 11.3 Å². The van der Waals surface area contributed by atoms with E-state index >= 15 is 0 Å². The number of rotatable bonds is 3. The average molecular weight is 293 g/mol. The van der Waals surface area contributed by atoms with E-state index in [2.05, 4.69) is 0 Å². The molecule has 1 aromatic heterocycles. The summed E-state index contributed by atoms with van der Waals surface area (Å²) in [6.45, 7) is 3.66. The highest BCUT2D eigenvalue weighted by Crippen LogP contribution is 2.33. The fraction of sp³-hybridized carbons (Fsp3) is 0.125. The Morgan fingerprint density at radius 2 is 1.86 bits per heavy atom. The quantitative estimate of drug-likeness (QED) is 0.485. The molecule has 0 aliphatic carbocycles. The first-order valence-corrected chi connectivity index (χ1v) is 6.34. The van der Waals surface area contributed by atoms with Gasteiger partial charge in [-0.3, -0.25) is 10.1 Å². The van der Waals surface area contributed by atoms with Crippen molar-refractivity contribution >= 4 is 11.8 Å². The lowest BCUT2D eigenvalue weighted by molar-refractivity contribution is -0.384. The highest BCUT2D eigenvalue weighted by atomic mass is 16.6. The zero-order valence-corrected chi connectivity index (χ0v) is 12.0. The minimum atomic E-state index is -0.463. The number of hydrogen-bond acceptors (Lipinski definition) is 5. The first kappa shape index (κ1) is 15.0. The highest BCUT2D eigenvalue weighted by molar-refractivity contribution is 5.72. The van der Waals surface area contributed by atoms with Gasteiger partial charge in [0.25, 0.3) is 5.69 Å². The molecule has 0 aliphatic heterocycles. The molecule has 0 fully saturated rings. The van der Waals surface area contributed by atoms with E-state index in [1.54, 1.807) is 37.3 Å². The number of nitro groups is 1. The Bertz CT molecular complexity index is 848. The predicted molar refractivity (Wildman–Crippen MR) is 79.5 cm³/mol. The number of nitrogens with zero attached hydrogens (tertiary/aromatic N) is 3. The zero-order valence-electron chi connectivity index (χ0n) is 12.0. The Morgan fingerprint density at radius 1 is 1.23 bits per heavy atom. The molecular weight excluding hydrogens is 282 g/mol. The van der Waals surface area contributed by atoms with Crippen LogP contribution in [-0.4, -0.2) is 4.92 Å². The average Bonchev–Trinajstić information content (AvgIpc) is 2.95. The molecule has 1 aromatic carbocycles. The van der Waals surface area contributed by atoms with Gasteiger partial charge in [-0.2, -0.15) is 10.5 Å². The molecule has 0 bridgehead atoms. The van der Waals surface area contributed by atoms with E-state index in [0.29, 0.717) is 17.1 Å². The van der Waals surface area contributed by atoms with E-state index in [9.17, 15) is 10.1 Å². The van der Waals surface area contributed by atoms with Crippen molar-refractivity contribution in [3.05, 3.63) is 56.8 Å². The lowest BCUT2D eigenvalue weighted by Gasteiger charge is -2.04. The molecule has 6 heteroatoms. The Kier molecular flexibility index (Phi) is 4.06. The van der Waals surface area contributed by atoms with E-state index < -0.39 is 4.92 Å². The number of nitriles is 2. The SMILES string of the molecule is Cc1cc(-c2ccc(C=C(C#N)C#N)o2)c([N+](=O)[O-])cc1C. The molecule has 0 saturated carbocycles. The van der Waals surface area contributed by atoms with E-state index in [0.717, 1.165) is 11.1 Å². The van der Waals surface area contributed by atoms with Crippen LogP contribution in [0.25, 0.3) is 17.4 Å². The van der Waals surface area contributed by atoms with Crippen LogP contribution in [0.5, 0.6) is 0 Å². The predicted octanol–water partition coefficient (Wildman–Crippen LogP) is 3.90. The summed E-state index contributed by atoms with van der Waals surface area (Å²) in [5.41, 5.74) is 1.94. The van der Waals surface area contributed by atoms with Crippen LogP contribution in [0.15, 0.2) is 34.3 Å². The number of allylic oxidation sites excluding steroid dienone is 1. The topological polar surface area (TPSA) is 104 Å². The van der Waals surface area contributed by atoms with Gasteiger partial charge in [-0.15, -0.1) is 0 Å². The van der Waals surface area contributed by atoms with Crippen molar-refractivity contribution in [2.45, 2.75) is 13.8 Å². The van der Waals surface area contributed by atoms with Gasteiger partial charge in [0.05, 0.1) is 10.5 Å². The van der Waals surface area contributed by atoms with Crippen LogP contribution < -0.4 is 0 Å². The van der Waals surface area contributed by atoms with Gasteiger partial charge in [0, 0.05) is 12.1 Å². The number of benzene rings is 1. The molecule has 0 saturated heterocycles. The number of hydrogen-bond donors (Lipinski definition) is 0. The normalized spacial score (nSPS) is 9.64. The van der Waals surface area contributed by atoms with Crippen LogP contribution in [0.2, 0.25) is 0 Å². The molecule has 0 amide bonds. The van der Waals surface area contributed by atoms with E-state index in [1.165, 1.54) is 12.1 Å². The first-order valence-electron chi connectivity index (χ1n) is 6.34. The molecule has 108 valence electrons. The summed E-state index contributed by atoms with van der Waals surface area (Å²) in [5, 5.41) is 28.6. The lowest BCUT2D eigenvalue weighted by atomic mass is 10.0. The van der Waals surface area contributed by atoms with Crippen LogP contribution in [0.1, 0.15) is 16.9 Å². The fourth-order valence-electron chi connectivity index (χ4n) is 1.96. The molecule has 0 N–H and O–H groups in total. The minimum absolute atomic E-state index is 0.0474. The maximum absolute atomic E-state index is 11.2. The Hall–Kier alpha value is -3.38. The number of furan rings is 1. The van der Waals surface area contributed by atoms with Crippen molar-refractivity contribution < 1.29 is 9.34 Å². The summed E-state index contributed by atoms with van der Waals surface area (Å²) < 4.78 is 5.51. The van der Waals surface area contributed by atoms with Crippen LogP contribution in [-0.2, 0) is 0 Å². The number of nitro benzene ring substituents is 1. The van der Waals surface area contributed by atoms with Crippen LogP contribution in [0.3, 0.4) is 0 Å². The van der Waals surface area contributed by atoms with Crippen molar-refractivity contribution in [2.75, 3.05) is 0 Å². The van der Waals surface area contributed by atoms with Gasteiger partial charge in [0.15, 0.2) is 0 Å². The molecule has 0 radical (unpaired) electrons. The summed E-state index contributed by atoms with van der Waals surface area (Å²) in [6.07, 6.45) is 1.29. The minimum Gasteiger partial charge on any atom is -0.456 e. The van der Waals surface area contributed by atoms with Gasteiger partial charge in [-0.25, -0.2) is 0 Å². The molecule has 2 rings (SSSR count). The number of aryl methyl sites for hydroxylation is 2. The van der Waals surface area contributed by atoms with E-state index in [1.807, 2.05) is 6.92 Å². The summed E-state index contributed by atoms with van der Waals surface area (Å²) in [4.78, 5) is 10.7. The molecule has 1 heterocycles. The Balaban J connectivity index is 2.55. The van der Waals surface area contributed by atoms with Crippen LogP contribution >= 0.6 is 0 Å². The largest absolute Gasteiger partial charge is 0.456 e. The maximum atomic E-state index is 11.2. The molecule has 0 spiro atoms. The third kappa shape index (κ3) is 2.87. The maximum Gasteiger partial charge on any atom is 0.280 e. The summed E-state index contributed by atoms with van der Waals surface area (Å²) in [6, 6.07) is 9.78. The van der Waals surface area contributed by atoms with Crippen molar-refractivity contribution in [1.29, 1.82) is 10.5 Å². The lowest BCUT2D eigenvalue weighted by Crippen LogP contribution is -1.94. The third-order valence-corrected chi connectivity index (χ3v) is 3.23. The second kappa shape index (κ2) is 5.94. The van der Waals surface area contributed by atoms with Crippen molar-refractivity contribution in [3.63, 3.8) is 0 Å². The standard InChI is InChI=1S/C16H11N3O3/c1-10-5-14(15(19(20)21)6-11(10)2)16-4-3-13(22-16)7-12(8-17)9-18/h3-7H,1-2H3. The van der Waals surface area contributed by atoms with Crippen molar-refractivity contribution in [2.24, 2.45) is 0 Å². The fourth-order valence-corrected chi connectivity index (χ4v) is 1.96. The molecule has 6 nitrogen and oxygen atoms in total. The van der Waals surface area contributed by atoms with Crippen molar-refractivity contribution in [1.82, 2.24) is 0 Å². The summed E-state index contributed by atoms with van der Waals surface area (Å²) in [5.74, 6) is 0.608. The zero-order chi connectivity index (χ0) is 16.3. The second-order valence-electron chi connectivity index (χ2n) is 4.69. The summed E-state index contributed by atoms with van der Waals surface area (Å²) >= 11 is 0. The molecule has 0 unspecified atom stereocenters. The van der Waals surface area contributed by atoms with Crippen LogP contribution in [0, 0.1) is 46.6 Å². The highest BCUT2D eigenvalue weighted by Gasteiger charge is 2.19. The second-order valence-corrected chi connectivity index (χ2v) is 4.69. The van der Waals surface area contributed by atoms with Crippen LogP contribution in [0.4, 0.5) is 5.69 Å². The van der Waals surface area contributed by atoms with Gasteiger partial charge < -0.3 is 4.42 Å². The third-order valence-electron chi connectivity index (χ3n) is 3.23. The summed E-state index contributed by atoms with van der Waals surface area (Å²) in [7, 11) is 0. The van der Waals surface area contributed by atoms with Gasteiger partial charge in [0.2, 0.25) is 0 Å². The molecular formula is C16H11N3O3. The molecule has 0 atom stereocenters. The van der Waals surface area contributed by atoms with Gasteiger partial charge in [-0.05, 0) is 43.2 Å². The smallest absolute Gasteiger partial charge is 0.280 e. The monoisotopic (exact) mass is 293 g/mol. The van der Waals surface area contributed by atoms with Gasteiger partial charge in [0.1, 0.15) is 29.2 Å². The van der Waals surface area contributed by atoms with Gasteiger partial charge in [-0.1, -0.05) is 0 Å². The van der Waals surface area contributed by atoms with E-state index in [4.69, 9.17) is 14.9 Å². The molecule has 0 aliphatic rings. The molecule has 2 aromatic rings. The Labute approximate surface area is 126 Å². The Morgan fingerprint density at radius 3 is 2.45 bits per heavy atom. The van der Waals surface area contributed by atoms with Gasteiger partial charge >= 0.3 is 0 Å².